The molecule has 4 heteroatoms. The maximum Gasteiger partial charge on any atom is 0.0739 e. The molecule has 0 saturated carbocycles. The zero-order chi connectivity index (χ0) is 12.3. The third-order valence-electron chi connectivity index (χ3n) is 3.58. The maximum absolute atomic E-state index is 4.46. The Morgan fingerprint density at radius 2 is 1.71 bits per heavy atom. The molecule has 0 unspecified atom stereocenters. The standard InChI is InChI=1S/C13H22BrN3/c1-11-13(14)12(16(2)15-11)10-17-8-6-4-3-5-7-9-17/h3-10H2,1-2H3. The average Bonchev–Trinajstić information content (AvgIpc) is 2.48. The largest absolute Gasteiger partial charge is 0.297 e. The Bertz CT molecular complexity index is 365. The summed E-state index contributed by atoms with van der Waals surface area (Å²) in [6.45, 7) is 5.55. The van der Waals surface area contributed by atoms with Crippen molar-refractivity contribution in [1.29, 1.82) is 0 Å². The first-order valence-corrected chi connectivity index (χ1v) is 7.38. The van der Waals surface area contributed by atoms with E-state index in [1.807, 2.05) is 11.7 Å². The van der Waals surface area contributed by atoms with Gasteiger partial charge in [0.15, 0.2) is 0 Å². The summed E-state index contributed by atoms with van der Waals surface area (Å²) >= 11 is 3.65. The normalized spacial score (nSPS) is 19.0. The van der Waals surface area contributed by atoms with Gasteiger partial charge in [-0.2, -0.15) is 5.10 Å². The third-order valence-corrected chi connectivity index (χ3v) is 4.62. The van der Waals surface area contributed by atoms with Crippen molar-refractivity contribution in [3.8, 4) is 0 Å². The van der Waals surface area contributed by atoms with E-state index in [0.717, 1.165) is 12.2 Å². The summed E-state index contributed by atoms with van der Waals surface area (Å²) in [6.07, 6.45) is 6.88. The Balaban J connectivity index is 2.03. The molecule has 0 aromatic carbocycles. The Labute approximate surface area is 112 Å². The fraction of sp³-hybridized carbons (Fsp3) is 0.769. The first-order valence-electron chi connectivity index (χ1n) is 6.59. The molecule has 1 aromatic rings. The number of hydrogen-bond acceptors (Lipinski definition) is 2. The van der Waals surface area contributed by atoms with E-state index in [4.69, 9.17) is 0 Å². The summed E-state index contributed by atoms with van der Waals surface area (Å²) in [5.41, 5.74) is 2.40. The lowest BCUT2D eigenvalue weighted by atomic mass is 10.1. The SMILES string of the molecule is Cc1nn(C)c(CN2CCCCCCC2)c1Br. The molecule has 1 fully saturated rings. The molecule has 2 rings (SSSR count). The van der Waals surface area contributed by atoms with E-state index >= 15 is 0 Å². The molecule has 0 aliphatic carbocycles. The number of aryl methyl sites for hydroxylation is 2. The lowest BCUT2D eigenvalue weighted by Crippen LogP contribution is -2.28. The molecule has 17 heavy (non-hydrogen) atoms. The van der Waals surface area contributed by atoms with Crippen LogP contribution in [0.2, 0.25) is 0 Å². The Kier molecular flexibility index (Phi) is 4.62. The van der Waals surface area contributed by atoms with Crippen molar-refractivity contribution in [2.24, 2.45) is 7.05 Å². The number of aromatic nitrogens is 2. The van der Waals surface area contributed by atoms with Gasteiger partial charge in [-0.15, -0.1) is 0 Å². The predicted molar refractivity (Wildman–Crippen MR) is 74.0 cm³/mol. The zero-order valence-electron chi connectivity index (χ0n) is 10.9. The molecule has 3 nitrogen and oxygen atoms in total. The summed E-state index contributed by atoms with van der Waals surface area (Å²) in [5.74, 6) is 0. The van der Waals surface area contributed by atoms with Crippen LogP contribution in [0.15, 0.2) is 4.47 Å². The molecule has 2 heterocycles. The van der Waals surface area contributed by atoms with Crippen molar-refractivity contribution in [2.45, 2.75) is 45.6 Å². The minimum Gasteiger partial charge on any atom is -0.297 e. The first kappa shape index (κ1) is 13.1. The predicted octanol–water partition coefficient (Wildman–Crippen LogP) is 3.26. The van der Waals surface area contributed by atoms with Crippen LogP contribution in [-0.4, -0.2) is 27.8 Å². The van der Waals surface area contributed by atoms with Crippen LogP contribution in [0.5, 0.6) is 0 Å². The second-order valence-electron chi connectivity index (χ2n) is 5.01. The third kappa shape index (κ3) is 3.32. The van der Waals surface area contributed by atoms with E-state index in [0.29, 0.717) is 0 Å². The number of halogens is 1. The van der Waals surface area contributed by atoms with Gasteiger partial charge in [-0.3, -0.25) is 9.58 Å². The summed E-state index contributed by atoms with van der Waals surface area (Å²) < 4.78 is 3.19. The van der Waals surface area contributed by atoms with E-state index in [2.05, 4.69) is 32.9 Å². The second-order valence-corrected chi connectivity index (χ2v) is 5.81. The average molecular weight is 300 g/mol. The van der Waals surface area contributed by atoms with Gasteiger partial charge in [0.2, 0.25) is 0 Å². The molecule has 0 radical (unpaired) electrons. The lowest BCUT2D eigenvalue weighted by Gasteiger charge is -2.24. The highest BCUT2D eigenvalue weighted by Gasteiger charge is 2.15. The van der Waals surface area contributed by atoms with E-state index in [1.165, 1.54) is 55.4 Å². The molecule has 0 atom stereocenters. The number of likely N-dealkylation sites (tertiary alicyclic amines) is 1. The van der Waals surface area contributed by atoms with E-state index in [-0.39, 0.29) is 0 Å². The topological polar surface area (TPSA) is 21.1 Å². The summed E-state index contributed by atoms with van der Waals surface area (Å²) in [6, 6.07) is 0. The smallest absolute Gasteiger partial charge is 0.0739 e. The Morgan fingerprint density at radius 3 is 2.24 bits per heavy atom. The molecular formula is C13H22BrN3. The molecule has 0 spiro atoms. The van der Waals surface area contributed by atoms with Crippen LogP contribution in [-0.2, 0) is 13.6 Å². The van der Waals surface area contributed by atoms with Gasteiger partial charge in [-0.05, 0) is 48.8 Å². The summed E-state index contributed by atoms with van der Waals surface area (Å²) in [4.78, 5) is 2.57. The van der Waals surface area contributed by atoms with Gasteiger partial charge in [0.25, 0.3) is 0 Å². The van der Waals surface area contributed by atoms with Crippen LogP contribution < -0.4 is 0 Å². The van der Waals surface area contributed by atoms with Gasteiger partial charge < -0.3 is 0 Å². The van der Waals surface area contributed by atoms with Crippen LogP contribution >= 0.6 is 15.9 Å². The fourth-order valence-electron chi connectivity index (χ4n) is 2.53. The van der Waals surface area contributed by atoms with E-state index in [1.54, 1.807) is 0 Å². The Morgan fingerprint density at radius 1 is 1.12 bits per heavy atom. The van der Waals surface area contributed by atoms with Crippen molar-refractivity contribution in [2.75, 3.05) is 13.1 Å². The number of nitrogens with zero attached hydrogens (tertiary/aromatic N) is 3. The molecule has 1 saturated heterocycles. The van der Waals surface area contributed by atoms with Crippen molar-refractivity contribution < 1.29 is 0 Å². The minimum absolute atomic E-state index is 1.03. The molecule has 1 aliphatic heterocycles. The van der Waals surface area contributed by atoms with Gasteiger partial charge in [0, 0.05) is 13.6 Å². The van der Waals surface area contributed by atoms with Crippen molar-refractivity contribution in [3.63, 3.8) is 0 Å². The van der Waals surface area contributed by atoms with Crippen LogP contribution in [0.1, 0.15) is 43.5 Å². The van der Waals surface area contributed by atoms with Crippen LogP contribution in [0, 0.1) is 6.92 Å². The highest BCUT2D eigenvalue weighted by molar-refractivity contribution is 9.10. The van der Waals surface area contributed by atoms with E-state index in [9.17, 15) is 0 Å². The fourth-order valence-corrected chi connectivity index (χ4v) is 3.00. The van der Waals surface area contributed by atoms with Gasteiger partial charge in [-0.25, -0.2) is 0 Å². The molecule has 1 aromatic heterocycles. The minimum atomic E-state index is 1.03. The van der Waals surface area contributed by atoms with Crippen molar-refractivity contribution >= 4 is 15.9 Å². The summed E-state index contributed by atoms with van der Waals surface area (Å²) in [7, 11) is 2.04. The Hall–Kier alpha value is -0.350. The monoisotopic (exact) mass is 299 g/mol. The first-order chi connectivity index (χ1) is 8.18. The van der Waals surface area contributed by atoms with Gasteiger partial charge in [0.1, 0.15) is 0 Å². The van der Waals surface area contributed by atoms with Crippen molar-refractivity contribution in [3.05, 3.63) is 15.9 Å². The van der Waals surface area contributed by atoms with Crippen LogP contribution in [0.25, 0.3) is 0 Å². The molecule has 0 amide bonds. The van der Waals surface area contributed by atoms with Gasteiger partial charge >= 0.3 is 0 Å². The zero-order valence-corrected chi connectivity index (χ0v) is 12.5. The van der Waals surface area contributed by atoms with Gasteiger partial charge in [0.05, 0.1) is 15.9 Å². The number of hydrogen-bond donors (Lipinski definition) is 0. The number of rotatable bonds is 2. The lowest BCUT2D eigenvalue weighted by molar-refractivity contribution is 0.234. The second kappa shape index (κ2) is 6.01. The van der Waals surface area contributed by atoms with Crippen molar-refractivity contribution in [1.82, 2.24) is 14.7 Å². The highest BCUT2D eigenvalue weighted by Crippen LogP contribution is 2.22. The maximum atomic E-state index is 4.46. The summed E-state index contributed by atoms with van der Waals surface area (Å²) in [5, 5.41) is 4.46. The quantitative estimate of drug-likeness (QED) is 0.836. The molecule has 96 valence electrons. The molecule has 1 aliphatic rings. The van der Waals surface area contributed by atoms with Crippen LogP contribution in [0.3, 0.4) is 0 Å². The molecule has 0 bridgehead atoms. The highest BCUT2D eigenvalue weighted by atomic mass is 79.9. The van der Waals surface area contributed by atoms with Crippen LogP contribution in [0.4, 0.5) is 0 Å². The molecule has 0 N–H and O–H groups in total. The molecular weight excluding hydrogens is 278 g/mol. The van der Waals surface area contributed by atoms with Gasteiger partial charge in [-0.1, -0.05) is 19.3 Å². The van der Waals surface area contributed by atoms with E-state index < -0.39 is 0 Å².